The van der Waals surface area contributed by atoms with Crippen molar-refractivity contribution in [3.05, 3.63) is 42.2 Å². The maximum Gasteiger partial charge on any atom is 0.230 e. The maximum absolute atomic E-state index is 12.4. The number of methoxy groups -OCH3 is 2. The Hall–Kier alpha value is -3.14. The Balaban J connectivity index is 1.62. The molecule has 0 bridgehead atoms. The second-order valence-corrected chi connectivity index (χ2v) is 6.78. The van der Waals surface area contributed by atoms with E-state index in [1.54, 1.807) is 38.5 Å². The Morgan fingerprint density at radius 2 is 2.14 bits per heavy atom. The van der Waals surface area contributed by atoms with E-state index in [2.05, 4.69) is 15.5 Å². The van der Waals surface area contributed by atoms with Gasteiger partial charge in [-0.15, -0.1) is 10.2 Å². The molecule has 3 aromatic rings. The van der Waals surface area contributed by atoms with E-state index < -0.39 is 0 Å². The number of nitrogens with one attached hydrogen (secondary N) is 1. The number of carbonyl (C=O) groups is 1. The molecule has 0 aliphatic carbocycles. The van der Waals surface area contributed by atoms with Gasteiger partial charge < -0.3 is 25.1 Å². The largest absolute Gasteiger partial charge is 0.497 e. The molecule has 1 unspecified atom stereocenters. The summed E-state index contributed by atoms with van der Waals surface area (Å²) >= 11 is 1.18. The number of nitrogens with two attached hydrogens (primary N) is 1. The number of thioether (sulfide) groups is 1. The quantitative estimate of drug-likeness (QED) is 0.434. The molecule has 3 N–H and O–H groups in total. The van der Waals surface area contributed by atoms with Gasteiger partial charge in [0.1, 0.15) is 11.5 Å². The summed E-state index contributed by atoms with van der Waals surface area (Å²) in [5.74, 6) is 8.20. The standard InChI is InChI=1S/C18H21N5O4S/c1-11(13-9-12(25-2)6-7-14(13)26-3)20-16(24)10-28-18-22-21-17(23(18)19)15-5-4-8-27-15/h4-9,11H,10,19H2,1-3H3,(H,20,24). The number of rotatable bonds is 8. The lowest BCUT2D eigenvalue weighted by atomic mass is 10.1. The van der Waals surface area contributed by atoms with Gasteiger partial charge in [0.15, 0.2) is 5.76 Å². The van der Waals surface area contributed by atoms with Crippen LogP contribution in [0, 0.1) is 0 Å². The smallest absolute Gasteiger partial charge is 0.230 e. The number of benzene rings is 1. The number of amides is 1. The highest BCUT2D eigenvalue weighted by Crippen LogP contribution is 2.29. The summed E-state index contributed by atoms with van der Waals surface area (Å²) in [7, 11) is 3.17. The van der Waals surface area contributed by atoms with Crippen LogP contribution in [-0.2, 0) is 4.79 Å². The van der Waals surface area contributed by atoms with E-state index in [9.17, 15) is 4.79 Å². The van der Waals surface area contributed by atoms with Crippen LogP contribution in [0.3, 0.4) is 0 Å². The third kappa shape index (κ3) is 4.22. The number of furan rings is 1. The fraction of sp³-hybridized carbons (Fsp3) is 0.278. The molecule has 0 aliphatic rings. The monoisotopic (exact) mass is 403 g/mol. The summed E-state index contributed by atoms with van der Waals surface area (Å²) < 4.78 is 17.2. The molecule has 0 aliphatic heterocycles. The van der Waals surface area contributed by atoms with E-state index in [1.165, 1.54) is 22.7 Å². The van der Waals surface area contributed by atoms with Crippen LogP contribution in [0.1, 0.15) is 18.5 Å². The van der Waals surface area contributed by atoms with Crippen LogP contribution >= 0.6 is 11.8 Å². The summed E-state index contributed by atoms with van der Waals surface area (Å²) in [6.45, 7) is 1.88. The van der Waals surface area contributed by atoms with Gasteiger partial charge >= 0.3 is 0 Å². The summed E-state index contributed by atoms with van der Waals surface area (Å²) in [4.78, 5) is 12.4. The number of nitrogen functional groups attached to an aromatic ring is 1. The third-order valence-corrected chi connectivity index (χ3v) is 4.96. The molecule has 2 aromatic heterocycles. The summed E-state index contributed by atoms with van der Waals surface area (Å²) in [6, 6.07) is 8.64. The molecule has 1 amide bonds. The number of nitrogens with zero attached hydrogens (tertiary/aromatic N) is 3. The Bertz CT molecular complexity index is 942. The van der Waals surface area contributed by atoms with Gasteiger partial charge in [-0.25, -0.2) is 4.68 Å². The second-order valence-electron chi connectivity index (χ2n) is 5.84. The van der Waals surface area contributed by atoms with Crippen molar-refractivity contribution in [2.24, 2.45) is 0 Å². The van der Waals surface area contributed by atoms with Crippen LogP contribution in [-0.4, -0.2) is 40.8 Å². The average Bonchev–Trinajstić information content (AvgIpc) is 3.35. The number of hydrogen-bond donors (Lipinski definition) is 2. The molecular formula is C18H21N5O4S. The van der Waals surface area contributed by atoms with Crippen LogP contribution in [0.2, 0.25) is 0 Å². The van der Waals surface area contributed by atoms with Crippen molar-refractivity contribution in [2.45, 2.75) is 18.1 Å². The molecule has 0 radical (unpaired) electrons. The molecule has 0 fully saturated rings. The lowest BCUT2D eigenvalue weighted by Gasteiger charge is -2.18. The molecule has 2 heterocycles. The number of carbonyl (C=O) groups excluding carboxylic acids is 1. The predicted molar refractivity (Wildman–Crippen MR) is 105 cm³/mol. The molecule has 1 atom stereocenters. The average molecular weight is 403 g/mol. The van der Waals surface area contributed by atoms with Gasteiger partial charge in [-0.05, 0) is 37.3 Å². The highest BCUT2D eigenvalue weighted by Gasteiger charge is 2.18. The van der Waals surface area contributed by atoms with Crippen LogP contribution in [0.15, 0.2) is 46.2 Å². The Kier molecular flexibility index (Phi) is 6.09. The minimum absolute atomic E-state index is 0.129. The van der Waals surface area contributed by atoms with Crippen molar-refractivity contribution in [3.8, 4) is 23.1 Å². The fourth-order valence-corrected chi connectivity index (χ4v) is 3.29. The van der Waals surface area contributed by atoms with Crippen molar-refractivity contribution in [1.29, 1.82) is 0 Å². The summed E-state index contributed by atoms with van der Waals surface area (Å²) in [6.07, 6.45) is 1.53. The van der Waals surface area contributed by atoms with Crippen molar-refractivity contribution in [2.75, 3.05) is 25.8 Å². The molecule has 0 saturated carbocycles. The van der Waals surface area contributed by atoms with Crippen LogP contribution in [0.5, 0.6) is 11.5 Å². The van der Waals surface area contributed by atoms with Crippen molar-refractivity contribution in [3.63, 3.8) is 0 Å². The summed E-state index contributed by atoms with van der Waals surface area (Å²) in [5.41, 5.74) is 0.822. The van der Waals surface area contributed by atoms with Crippen LogP contribution < -0.4 is 20.6 Å². The van der Waals surface area contributed by atoms with E-state index in [-0.39, 0.29) is 17.7 Å². The topological polar surface area (TPSA) is 117 Å². The predicted octanol–water partition coefficient (Wildman–Crippen LogP) is 2.24. The normalized spacial score (nSPS) is 11.8. The van der Waals surface area contributed by atoms with Gasteiger partial charge in [-0.1, -0.05) is 11.8 Å². The molecule has 0 spiro atoms. The van der Waals surface area contributed by atoms with Crippen molar-refractivity contribution in [1.82, 2.24) is 20.2 Å². The van der Waals surface area contributed by atoms with Crippen molar-refractivity contribution >= 4 is 17.7 Å². The first-order valence-corrected chi connectivity index (χ1v) is 9.40. The van der Waals surface area contributed by atoms with E-state index in [1.807, 2.05) is 13.0 Å². The second kappa shape index (κ2) is 8.70. The fourth-order valence-electron chi connectivity index (χ4n) is 2.62. The Labute approximate surface area is 166 Å². The highest BCUT2D eigenvalue weighted by atomic mass is 32.2. The van der Waals surface area contributed by atoms with Gasteiger partial charge in [-0.2, -0.15) is 0 Å². The van der Waals surface area contributed by atoms with Gasteiger partial charge in [0.2, 0.25) is 16.9 Å². The van der Waals surface area contributed by atoms with Crippen LogP contribution in [0.4, 0.5) is 0 Å². The lowest BCUT2D eigenvalue weighted by Crippen LogP contribution is -2.28. The Morgan fingerprint density at radius 1 is 1.32 bits per heavy atom. The molecular weight excluding hydrogens is 382 g/mol. The first-order chi connectivity index (χ1) is 13.5. The van der Waals surface area contributed by atoms with E-state index >= 15 is 0 Å². The third-order valence-electron chi connectivity index (χ3n) is 4.02. The van der Waals surface area contributed by atoms with Crippen molar-refractivity contribution < 1.29 is 18.7 Å². The van der Waals surface area contributed by atoms with E-state index in [0.717, 1.165) is 5.56 Å². The zero-order valence-electron chi connectivity index (χ0n) is 15.7. The molecule has 0 saturated heterocycles. The number of hydrogen-bond acceptors (Lipinski definition) is 8. The first-order valence-electron chi connectivity index (χ1n) is 8.42. The molecule has 28 heavy (non-hydrogen) atoms. The molecule has 9 nitrogen and oxygen atoms in total. The number of aromatic nitrogens is 3. The highest BCUT2D eigenvalue weighted by molar-refractivity contribution is 7.99. The molecule has 1 aromatic carbocycles. The SMILES string of the molecule is COc1ccc(OC)c(C(C)NC(=O)CSc2nnc(-c3ccco3)n2N)c1. The summed E-state index contributed by atoms with van der Waals surface area (Å²) in [5, 5.41) is 11.3. The molecule has 10 heteroatoms. The first kappa shape index (κ1) is 19.6. The van der Waals surface area contributed by atoms with Gasteiger partial charge in [-0.3, -0.25) is 4.79 Å². The van der Waals surface area contributed by atoms with Gasteiger partial charge in [0, 0.05) is 5.56 Å². The molecule has 148 valence electrons. The molecule has 3 rings (SSSR count). The lowest BCUT2D eigenvalue weighted by molar-refractivity contribution is -0.119. The Morgan fingerprint density at radius 3 is 2.82 bits per heavy atom. The van der Waals surface area contributed by atoms with Crippen LogP contribution in [0.25, 0.3) is 11.6 Å². The maximum atomic E-state index is 12.4. The minimum Gasteiger partial charge on any atom is -0.497 e. The number of ether oxygens (including phenoxy) is 2. The zero-order chi connectivity index (χ0) is 20.1. The van der Waals surface area contributed by atoms with E-state index in [4.69, 9.17) is 19.7 Å². The van der Waals surface area contributed by atoms with Gasteiger partial charge in [0.05, 0.1) is 32.3 Å². The minimum atomic E-state index is -0.271. The van der Waals surface area contributed by atoms with Gasteiger partial charge in [0.25, 0.3) is 0 Å². The zero-order valence-corrected chi connectivity index (χ0v) is 16.5. The van der Waals surface area contributed by atoms with E-state index in [0.29, 0.717) is 28.2 Å².